The maximum atomic E-state index is 13.1. The molecule has 1 aliphatic heterocycles. The molecule has 4 rings (SSSR count). The second-order valence-electron chi connectivity index (χ2n) is 8.16. The molecule has 28 heavy (non-hydrogen) atoms. The Balaban J connectivity index is 1.89. The molecule has 0 amide bonds. The fourth-order valence-corrected chi connectivity index (χ4v) is 4.19. The van der Waals surface area contributed by atoms with Gasteiger partial charge in [-0.3, -0.25) is 4.79 Å². The predicted octanol–water partition coefficient (Wildman–Crippen LogP) is 3.97. The highest BCUT2D eigenvalue weighted by molar-refractivity contribution is 6.31. The number of quaternary nitrogens is 1. The molecule has 0 fully saturated rings. The average Bonchev–Trinajstić information content (AvgIpc) is 2.77. The van der Waals surface area contributed by atoms with Crippen LogP contribution in [0.15, 0.2) is 53.7 Å². The summed E-state index contributed by atoms with van der Waals surface area (Å²) in [5.41, 5.74) is 3.93. The van der Waals surface area contributed by atoms with Gasteiger partial charge in [-0.05, 0) is 35.6 Å². The number of rotatable bonds is 2. The van der Waals surface area contributed by atoms with Crippen LogP contribution in [0.25, 0.3) is 0 Å². The smallest absolute Gasteiger partial charge is 0.164 e. The van der Waals surface area contributed by atoms with Gasteiger partial charge in [0.15, 0.2) is 11.5 Å². The van der Waals surface area contributed by atoms with E-state index in [0.717, 1.165) is 29.1 Å². The molecule has 1 aliphatic carbocycles. The Morgan fingerprint density at radius 3 is 2.71 bits per heavy atom. The molecule has 2 aromatic carbocycles. The second kappa shape index (κ2) is 6.90. The molecule has 6 nitrogen and oxygen atoms in total. The second-order valence-corrected chi connectivity index (χ2v) is 8.59. The molecular weight excluding hydrogens is 378 g/mol. The van der Waals surface area contributed by atoms with E-state index >= 15 is 0 Å². The van der Waals surface area contributed by atoms with Crippen molar-refractivity contribution in [2.24, 2.45) is 5.41 Å². The van der Waals surface area contributed by atoms with Gasteiger partial charge in [0.25, 0.3) is 0 Å². The van der Waals surface area contributed by atoms with Gasteiger partial charge >= 0.3 is 0 Å². The Bertz CT molecular complexity index is 985. The van der Waals surface area contributed by atoms with Crippen LogP contribution in [0, 0.1) is 10.6 Å². The van der Waals surface area contributed by atoms with Crippen LogP contribution in [-0.2, 0) is 4.79 Å². The normalized spacial score (nSPS) is 21.8. The van der Waals surface area contributed by atoms with E-state index in [4.69, 9.17) is 11.6 Å². The van der Waals surface area contributed by atoms with Gasteiger partial charge in [-0.2, -0.15) is 5.23 Å². The van der Waals surface area contributed by atoms with Crippen LogP contribution < -0.4 is 15.9 Å². The number of ketones is 1. The Hall–Kier alpha value is -2.38. The van der Waals surface area contributed by atoms with Gasteiger partial charge < -0.3 is 15.8 Å². The van der Waals surface area contributed by atoms with Gasteiger partial charge in [-0.1, -0.05) is 37.6 Å². The lowest BCUT2D eigenvalue weighted by Crippen LogP contribution is -2.99. The van der Waals surface area contributed by atoms with Crippen LogP contribution in [0.2, 0.25) is 5.02 Å². The summed E-state index contributed by atoms with van der Waals surface area (Å²) in [6.45, 7) is 4.16. The molecule has 2 aliphatic rings. The molecule has 0 aromatic heterocycles. The molecule has 4 N–H and O–H groups in total. The molecule has 0 spiro atoms. The number of hydrogen-bond donors (Lipinski definition) is 4. The van der Waals surface area contributed by atoms with Gasteiger partial charge in [0, 0.05) is 34.8 Å². The highest BCUT2D eigenvalue weighted by Gasteiger charge is 2.38. The number of hydrogen-bond acceptors (Lipinski definition) is 5. The van der Waals surface area contributed by atoms with Crippen molar-refractivity contribution < 1.29 is 15.2 Å². The van der Waals surface area contributed by atoms with E-state index in [1.807, 2.05) is 18.2 Å². The van der Waals surface area contributed by atoms with Crippen molar-refractivity contribution in [1.82, 2.24) is 0 Å². The summed E-state index contributed by atoms with van der Waals surface area (Å²) < 4.78 is 0. The molecule has 0 saturated heterocycles. The molecule has 146 valence electrons. The van der Waals surface area contributed by atoms with E-state index in [2.05, 4.69) is 24.5 Å². The first-order chi connectivity index (χ1) is 13.2. The summed E-state index contributed by atoms with van der Waals surface area (Å²) in [6, 6.07) is 11.8. The Kier molecular flexibility index (Phi) is 4.67. The number of nitrogens with one attached hydrogen (secondary N) is 3. The molecule has 7 heteroatoms. The van der Waals surface area contributed by atoms with Gasteiger partial charge in [-0.15, -0.1) is 0 Å². The average molecular weight is 400 g/mol. The van der Waals surface area contributed by atoms with Crippen molar-refractivity contribution in [2.75, 3.05) is 10.6 Å². The van der Waals surface area contributed by atoms with Crippen molar-refractivity contribution >= 4 is 34.4 Å². The number of halogens is 1. The number of allylic oxidation sites excluding steroid dienone is 1. The fraction of sp³-hybridized carbons (Fsp3) is 0.286. The van der Waals surface area contributed by atoms with Gasteiger partial charge in [-0.25, -0.2) is 5.21 Å². The minimum atomic E-state index is -0.998. The first-order valence-electron chi connectivity index (χ1n) is 9.16. The third kappa shape index (κ3) is 3.52. The van der Waals surface area contributed by atoms with Crippen molar-refractivity contribution in [3.63, 3.8) is 0 Å². The highest BCUT2D eigenvalue weighted by Crippen LogP contribution is 2.45. The summed E-state index contributed by atoms with van der Waals surface area (Å²) in [7, 11) is 0. The zero-order chi connectivity index (χ0) is 20.1. The SMILES string of the molecule is CC1(C)CC(=O)C2=C(C1)Nc1ccc(Cl)cc1NC2c1cccc([NH+]([O-])O)c1. The number of benzene rings is 2. The lowest BCUT2D eigenvalue weighted by atomic mass is 9.73. The minimum absolute atomic E-state index is 0.0656. The predicted molar refractivity (Wildman–Crippen MR) is 109 cm³/mol. The number of fused-ring (bicyclic) bond motifs is 1. The van der Waals surface area contributed by atoms with Crippen molar-refractivity contribution in [2.45, 2.75) is 32.7 Å². The minimum Gasteiger partial charge on any atom is -0.595 e. The maximum Gasteiger partial charge on any atom is 0.164 e. The van der Waals surface area contributed by atoms with Crippen LogP contribution in [0.1, 0.15) is 38.3 Å². The maximum absolute atomic E-state index is 13.1. The Morgan fingerprint density at radius 1 is 1.18 bits per heavy atom. The number of carbonyl (C=O) groups is 1. The van der Waals surface area contributed by atoms with Crippen LogP contribution in [0.3, 0.4) is 0 Å². The van der Waals surface area contributed by atoms with E-state index in [1.54, 1.807) is 24.3 Å². The topological polar surface area (TPSA) is 88.9 Å². The molecule has 0 bridgehead atoms. The lowest BCUT2D eigenvalue weighted by Gasteiger charge is -2.34. The van der Waals surface area contributed by atoms with Crippen LogP contribution in [-0.4, -0.2) is 11.0 Å². The summed E-state index contributed by atoms with van der Waals surface area (Å²) in [5, 5.41) is 27.3. The lowest BCUT2D eigenvalue weighted by molar-refractivity contribution is -0.991. The summed E-state index contributed by atoms with van der Waals surface area (Å²) in [5.74, 6) is 0.0656. The molecule has 0 saturated carbocycles. The molecular formula is C21H22ClN3O3. The zero-order valence-electron chi connectivity index (χ0n) is 15.7. The van der Waals surface area contributed by atoms with Crippen LogP contribution in [0.5, 0.6) is 0 Å². The van der Waals surface area contributed by atoms with Gasteiger partial charge in [0.1, 0.15) is 0 Å². The van der Waals surface area contributed by atoms with Crippen molar-refractivity contribution in [3.8, 4) is 0 Å². The van der Waals surface area contributed by atoms with Crippen molar-refractivity contribution in [1.29, 1.82) is 0 Å². The van der Waals surface area contributed by atoms with Gasteiger partial charge in [0.05, 0.1) is 17.4 Å². The van der Waals surface area contributed by atoms with Crippen molar-refractivity contribution in [3.05, 3.63) is 69.5 Å². The Morgan fingerprint density at radius 2 is 1.96 bits per heavy atom. The zero-order valence-corrected chi connectivity index (χ0v) is 16.4. The number of Topliss-reactive ketones (excluding diaryl/α,β-unsaturated/α-hetero) is 1. The largest absolute Gasteiger partial charge is 0.595 e. The van der Waals surface area contributed by atoms with E-state index in [1.165, 1.54) is 0 Å². The third-order valence-electron chi connectivity index (χ3n) is 5.24. The van der Waals surface area contributed by atoms with E-state index in [-0.39, 0.29) is 16.9 Å². The highest BCUT2D eigenvalue weighted by atomic mass is 35.5. The monoisotopic (exact) mass is 399 g/mol. The third-order valence-corrected chi connectivity index (χ3v) is 5.48. The number of anilines is 2. The summed E-state index contributed by atoms with van der Waals surface area (Å²) in [6.07, 6.45) is 1.17. The number of carbonyl (C=O) groups excluding carboxylic acids is 1. The molecule has 2 aromatic rings. The van der Waals surface area contributed by atoms with E-state index < -0.39 is 11.3 Å². The van der Waals surface area contributed by atoms with Gasteiger partial charge in [0.2, 0.25) is 0 Å². The first-order valence-corrected chi connectivity index (χ1v) is 9.54. The summed E-state index contributed by atoms with van der Waals surface area (Å²) in [4.78, 5) is 13.1. The summed E-state index contributed by atoms with van der Waals surface area (Å²) >= 11 is 6.19. The molecule has 2 unspecified atom stereocenters. The van der Waals surface area contributed by atoms with E-state index in [9.17, 15) is 15.2 Å². The quantitative estimate of drug-likeness (QED) is 0.574. The fourth-order valence-electron chi connectivity index (χ4n) is 4.02. The molecule has 2 atom stereocenters. The first kappa shape index (κ1) is 19.0. The standard InChI is InChI=1S/C21H22ClN3O3/c1-21(2)10-17-19(18(26)11-21)20(12-4-3-5-14(8-12)25(27)28)24-16-9-13(22)6-7-15(16)23-17/h3-9,20,23-25,27H,10-11H2,1-2H3. The Labute approximate surface area is 168 Å². The van der Waals surface area contributed by atoms with E-state index in [0.29, 0.717) is 17.0 Å². The molecule has 1 heterocycles. The van der Waals surface area contributed by atoms with Crippen LogP contribution >= 0.6 is 11.6 Å². The molecule has 0 radical (unpaired) electrons. The van der Waals surface area contributed by atoms with Crippen LogP contribution in [0.4, 0.5) is 17.1 Å².